The van der Waals surface area contributed by atoms with Crippen LogP contribution >= 0.6 is 0 Å². The SMILES string of the molecule is CC1(C(=O)O)CCN(Cc2cc(C#N)c3oc(C4=CC=CC(c5cccc(Nc6nc(C(F)F)nc7cc(CN8CCC(O)C8)cnc67)c5)C4(C)C)nc3c2)C1. The monoisotopic (exact) mass is 760 g/mol. The van der Waals surface area contributed by atoms with Crippen LogP contribution in [0, 0.1) is 22.2 Å². The highest BCUT2D eigenvalue weighted by Gasteiger charge is 2.41. The number of carboxylic acids is 1. The van der Waals surface area contributed by atoms with Gasteiger partial charge in [-0.3, -0.25) is 19.6 Å². The number of anilines is 2. The Kier molecular flexibility index (Phi) is 9.64. The summed E-state index contributed by atoms with van der Waals surface area (Å²) in [4.78, 5) is 33.8. The topological polar surface area (TPSA) is 165 Å². The van der Waals surface area contributed by atoms with E-state index in [2.05, 4.69) is 56.1 Å². The lowest BCUT2D eigenvalue weighted by atomic mass is 9.67. The van der Waals surface area contributed by atoms with Gasteiger partial charge in [-0.05, 0) is 73.3 Å². The fraction of sp³-hybridized carbons (Fsp3) is 0.381. The van der Waals surface area contributed by atoms with E-state index in [1.54, 1.807) is 25.3 Å². The number of β-amino-alcohol motifs (C(OH)–C–C–N with tert-alkyl or cyclic N) is 1. The minimum Gasteiger partial charge on any atom is -0.481 e. The zero-order valence-electron chi connectivity index (χ0n) is 31.3. The molecule has 3 unspecified atom stereocenters. The molecule has 3 aromatic heterocycles. The Hall–Kier alpha value is -5.62. The quantitative estimate of drug-likeness (QED) is 0.130. The Balaban J connectivity index is 1.05. The number of aliphatic hydroxyl groups excluding tert-OH is 1. The van der Waals surface area contributed by atoms with Crippen molar-refractivity contribution in [1.29, 1.82) is 5.26 Å². The summed E-state index contributed by atoms with van der Waals surface area (Å²) in [5, 5.41) is 32.9. The number of likely N-dealkylation sites (tertiary alicyclic amines) is 2. The number of alkyl halides is 2. The molecule has 288 valence electrons. The maximum Gasteiger partial charge on any atom is 0.310 e. The van der Waals surface area contributed by atoms with E-state index in [1.165, 1.54) is 0 Å². The summed E-state index contributed by atoms with van der Waals surface area (Å²) in [6, 6.07) is 15.4. The number of aliphatic carboxylic acids is 1. The predicted molar refractivity (Wildman–Crippen MR) is 206 cm³/mol. The largest absolute Gasteiger partial charge is 0.481 e. The van der Waals surface area contributed by atoms with Crippen molar-refractivity contribution in [3.05, 3.63) is 101 Å². The average Bonchev–Trinajstić information content (AvgIpc) is 3.89. The molecule has 12 nitrogen and oxygen atoms in total. The van der Waals surface area contributed by atoms with Crippen LogP contribution in [-0.4, -0.2) is 78.2 Å². The Labute approximate surface area is 322 Å². The second-order valence-corrected chi connectivity index (χ2v) is 16.0. The molecule has 5 heterocycles. The van der Waals surface area contributed by atoms with Gasteiger partial charge in [0.05, 0.1) is 22.6 Å². The molecule has 3 N–H and O–H groups in total. The van der Waals surface area contributed by atoms with E-state index in [1.807, 2.05) is 42.5 Å². The number of aromatic nitrogens is 4. The zero-order chi connectivity index (χ0) is 39.4. The van der Waals surface area contributed by atoms with Crippen LogP contribution in [-0.2, 0) is 17.9 Å². The summed E-state index contributed by atoms with van der Waals surface area (Å²) < 4.78 is 34.4. The van der Waals surface area contributed by atoms with Gasteiger partial charge in [0.25, 0.3) is 6.43 Å². The third kappa shape index (κ3) is 7.13. The van der Waals surface area contributed by atoms with E-state index in [4.69, 9.17) is 9.40 Å². The lowest BCUT2D eigenvalue weighted by Crippen LogP contribution is -2.31. The van der Waals surface area contributed by atoms with E-state index >= 15 is 0 Å². The van der Waals surface area contributed by atoms with Gasteiger partial charge in [-0.25, -0.2) is 23.7 Å². The molecule has 0 bridgehead atoms. The Morgan fingerprint density at radius 2 is 1.88 bits per heavy atom. The summed E-state index contributed by atoms with van der Waals surface area (Å²) in [5.74, 6) is -0.976. The van der Waals surface area contributed by atoms with Gasteiger partial charge in [0.1, 0.15) is 17.1 Å². The molecule has 2 aliphatic heterocycles. The third-order valence-corrected chi connectivity index (χ3v) is 11.4. The molecular weight excluding hydrogens is 719 g/mol. The number of halogens is 2. The van der Waals surface area contributed by atoms with Crippen molar-refractivity contribution in [1.82, 2.24) is 29.7 Å². The minimum atomic E-state index is -2.88. The Morgan fingerprint density at radius 3 is 2.61 bits per heavy atom. The standard InChI is InChI=1S/C42H42F2N8O4/c1-41(2)30(8-5-9-31(41)39-49-33-15-24(14-27(18-45)35(33)56-39)20-52-13-11-42(3,23-52)40(54)55)26-6-4-7-28(17-26)47-37-34-32(48-38(50-37)36(43)44)16-25(19-46-34)21-51-12-10-29(53)22-51/h4-9,14-17,19,29-30,36,53H,10-13,20-23H2,1-3H3,(H,54,55)(H,47,48,50). The van der Waals surface area contributed by atoms with Crippen LogP contribution in [0.15, 0.2) is 71.3 Å². The highest BCUT2D eigenvalue weighted by molar-refractivity contribution is 5.88. The van der Waals surface area contributed by atoms with Crippen molar-refractivity contribution in [2.24, 2.45) is 10.8 Å². The molecule has 2 aromatic carbocycles. The van der Waals surface area contributed by atoms with Crippen LogP contribution in [0.1, 0.15) is 79.9 Å². The van der Waals surface area contributed by atoms with Gasteiger partial charge < -0.3 is 19.9 Å². The van der Waals surface area contributed by atoms with E-state index < -0.39 is 29.0 Å². The number of carbonyl (C=O) groups is 1. The third-order valence-electron chi connectivity index (χ3n) is 11.4. The molecule has 3 atom stereocenters. The number of aliphatic hydroxyl groups is 1. The summed E-state index contributed by atoms with van der Waals surface area (Å²) in [6.45, 7) is 9.35. The summed E-state index contributed by atoms with van der Waals surface area (Å²) in [7, 11) is 0. The Morgan fingerprint density at radius 1 is 1.07 bits per heavy atom. The van der Waals surface area contributed by atoms with Crippen LogP contribution in [0.5, 0.6) is 0 Å². The molecule has 2 fully saturated rings. The Bertz CT molecular complexity index is 2460. The van der Waals surface area contributed by atoms with Crippen LogP contribution < -0.4 is 5.32 Å². The average molecular weight is 761 g/mol. The van der Waals surface area contributed by atoms with Crippen molar-refractivity contribution in [2.75, 3.05) is 31.5 Å². The number of nitrogens with one attached hydrogen (secondary N) is 1. The van der Waals surface area contributed by atoms with Gasteiger partial charge in [0, 0.05) is 61.5 Å². The van der Waals surface area contributed by atoms with E-state index in [-0.39, 0.29) is 17.8 Å². The lowest BCUT2D eigenvalue weighted by molar-refractivity contribution is -0.147. The van der Waals surface area contributed by atoms with E-state index in [0.29, 0.717) is 84.8 Å². The minimum absolute atomic E-state index is 0.146. The van der Waals surface area contributed by atoms with Gasteiger partial charge in [-0.15, -0.1) is 0 Å². The van der Waals surface area contributed by atoms with Crippen LogP contribution in [0.3, 0.4) is 0 Å². The van der Waals surface area contributed by atoms with Gasteiger partial charge in [0.2, 0.25) is 5.89 Å². The summed E-state index contributed by atoms with van der Waals surface area (Å²) in [5.41, 5.74) is 4.74. The van der Waals surface area contributed by atoms with E-state index in [9.17, 15) is 29.1 Å². The molecule has 0 radical (unpaired) electrons. The smallest absolute Gasteiger partial charge is 0.310 e. The first-order chi connectivity index (χ1) is 26.8. The second kappa shape index (κ2) is 14.5. The number of fused-ring (bicyclic) bond motifs is 2. The highest BCUT2D eigenvalue weighted by atomic mass is 19.3. The number of rotatable bonds is 10. The summed E-state index contributed by atoms with van der Waals surface area (Å²) >= 11 is 0. The molecule has 0 amide bonds. The molecule has 2 saturated heterocycles. The number of oxazole rings is 1. The van der Waals surface area contributed by atoms with Crippen molar-refractivity contribution in [3.8, 4) is 6.07 Å². The molecule has 5 aromatic rings. The normalized spacial score (nSPS) is 22.6. The first-order valence-corrected chi connectivity index (χ1v) is 18.7. The fourth-order valence-corrected chi connectivity index (χ4v) is 8.28. The molecule has 1 aliphatic carbocycles. The fourth-order valence-electron chi connectivity index (χ4n) is 8.28. The maximum absolute atomic E-state index is 14.0. The molecular formula is C42H42F2N8O4. The predicted octanol–water partition coefficient (Wildman–Crippen LogP) is 7.35. The number of carboxylic acid groups (broad SMARTS) is 1. The first-order valence-electron chi connectivity index (χ1n) is 18.7. The summed E-state index contributed by atoms with van der Waals surface area (Å²) in [6.07, 6.45) is 5.71. The zero-order valence-corrected chi connectivity index (χ0v) is 31.3. The van der Waals surface area contributed by atoms with Gasteiger partial charge >= 0.3 is 5.97 Å². The number of hydrogen-bond acceptors (Lipinski definition) is 11. The number of allylic oxidation sites excluding steroid dienone is 4. The van der Waals surface area contributed by atoms with Crippen molar-refractivity contribution >= 4 is 45.2 Å². The number of nitrogens with zero attached hydrogens (tertiary/aromatic N) is 7. The van der Waals surface area contributed by atoms with E-state index in [0.717, 1.165) is 28.8 Å². The molecule has 8 rings (SSSR count). The van der Waals surface area contributed by atoms with Crippen molar-refractivity contribution in [3.63, 3.8) is 0 Å². The molecule has 14 heteroatoms. The maximum atomic E-state index is 14.0. The van der Waals surface area contributed by atoms with Crippen molar-refractivity contribution in [2.45, 2.75) is 65.1 Å². The number of benzene rings is 2. The first kappa shape index (κ1) is 37.3. The van der Waals surface area contributed by atoms with Gasteiger partial charge in [0.15, 0.2) is 17.2 Å². The molecule has 56 heavy (non-hydrogen) atoms. The molecule has 3 aliphatic rings. The lowest BCUT2D eigenvalue weighted by Gasteiger charge is -2.36. The number of pyridine rings is 1. The van der Waals surface area contributed by atoms with Crippen molar-refractivity contribution < 1.29 is 28.2 Å². The highest BCUT2D eigenvalue weighted by Crippen LogP contribution is 2.50. The van der Waals surface area contributed by atoms with Crippen LogP contribution in [0.25, 0.3) is 27.7 Å². The number of hydrogen-bond donors (Lipinski definition) is 3. The van der Waals surface area contributed by atoms with Crippen LogP contribution in [0.2, 0.25) is 0 Å². The molecule has 0 spiro atoms. The number of nitriles is 1. The van der Waals surface area contributed by atoms with Gasteiger partial charge in [-0.2, -0.15) is 5.26 Å². The van der Waals surface area contributed by atoms with Gasteiger partial charge in [-0.1, -0.05) is 44.2 Å². The molecule has 0 saturated carbocycles. The second-order valence-electron chi connectivity index (χ2n) is 16.0. The van der Waals surface area contributed by atoms with Crippen LogP contribution in [0.4, 0.5) is 20.3 Å².